The van der Waals surface area contributed by atoms with Gasteiger partial charge in [0.2, 0.25) is 35.4 Å². The van der Waals surface area contributed by atoms with E-state index in [1.165, 1.54) is 29.7 Å². The number of aliphatic hydroxyl groups excluding tert-OH is 1. The normalized spacial score (nSPS) is 29.4. The van der Waals surface area contributed by atoms with E-state index in [2.05, 4.69) is 16.0 Å². The van der Waals surface area contributed by atoms with Crippen molar-refractivity contribution in [2.75, 3.05) is 19.6 Å². The van der Waals surface area contributed by atoms with Gasteiger partial charge in [-0.2, -0.15) is 0 Å². The molecule has 4 heterocycles. The minimum atomic E-state index is -1.71. The third-order valence-corrected chi connectivity index (χ3v) is 11.1. The lowest BCUT2D eigenvalue weighted by molar-refractivity contribution is -0.163. The van der Waals surface area contributed by atoms with Crippen molar-refractivity contribution < 1.29 is 52.2 Å². The molecule has 5 rings (SSSR count). The summed E-state index contributed by atoms with van der Waals surface area (Å²) in [6.07, 6.45) is 3.66. The second-order valence-electron chi connectivity index (χ2n) is 15.7. The van der Waals surface area contributed by atoms with Crippen molar-refractivity contribution >= 4 is 41.4 Å². The Balaban J connectivity index is 1.52. The number of carbonyl (C=O) groups is 7. The Morgan fingerprint density at radius 3 is 2.33 bits per heavy atom. The number of cyclic esters (lactones) is 1. The maximum absolute atomic E-state index is 14.7. The van der Waals surface area contributed by atoms with E-state index < -0.39 is 108 Å². The summed E-state index contributed by atoms with van der Waals surface area (Å²) in [4.78, 5) is 101. The first-order chi connectivity index (χ1) is 27.1. The molecule has 15 nitrogen and oxygen atoms in total. The third kappa shape index (κ3) is 10.5. The van der Waals surface area contributed by atoms with Gasteiger partial charge in [-0.1, -0.05) is 32.8 Å². The molecule has 4 saturated heterocycles. The number of aliphatic hydroxyl groups is 1. The summed E-state index contributed by atoms with van der Waals surface area (Å²) in [7, 11) is 0. The van der Waals surface area contributed by atoms with Crippen molar-refractivity contribution in [3.8, 4) is 0 Å². The Bertz CT molecular complexity index is 1720. The number of ether oxygens (including phenoxy) is 1. The lowest BCUT2D eigenvalue weighted by Crippen LogP contribution is -2.63. The molecule has 0 saturated carbocycles. The highest BCUT2D eigenvalue weighted by atomic mass is 19.1. The van der Waals surface area contributed by atoms with Crippen LogP contribution in [-0.4, -0.2) is 129 Å². The van der Waals surface area contributed by atoms with Crippen LogP contribution in [0.2, 0.25) is 0 Å². The predicted molar refractivity (Wildman–Crippen MR) is 201 cm³/mol. The molecule has 0 aromatic heterocycles. The van der Waals surface area contributed by atoms with E-state index in [9.17, 15) is 47.4 Å². The fraction of sp³-hybridized carbons (Fsp3) is 0.625. The molecule has 312 valence electrons. The number of rotatable bonds is 9. The van der Waals surface area contributed by atoms with Gasteiger partial charge in [0.05, 0.1) is 6.10 Å². The third-order valence-electron chi connectivity index (χ3n) is 11.1. The van der Waals surface area contributed by atoms with E-state index in [1.807, 2.05) is 13.8 Å². The fourth-order valence-corrected chi connectivity index (χ4v) is 8.13. The Morgan fingerprint density at radius 2 is 1.63 bits per heavy atom. The zero-order valence-corrected chi connectivity index (χ0v) is 32.9. The molecule has 0 spiro atoms. The van der Waals surface area contributed by atoms with Gasteiger partial charge in [-0.3, -0.25) is 28.8 Å². The number of hydrogen-bond donors (Lipinski definition) is 4. The number of fused-ring (bicyclic) bond motifs is 3. The van der Waals surface area contributed by atoms with Crippen molar-refractivity contribution in [2.45, 2.75) is 134 Å². The molecule has 6 amide bonds. The summed E-state index contributed by atoms with van der Waals surface area (Å²) in [5, 5.41) is 18.7. The standard InChI is InChI=1S/C40H54F2N6O9/c1-5-6-7-8-12-33(50)44-29(17-25-15-26(41)18-27(42)16-25)35(51)45-34-24(4)57-40(56)32-14-22(2)20-47(32)37(53)23(3)43-36(52)30-11-9-10-13-46(30)38(54)31-19-28(49)21-48(31)39(34)55/h8,12,15-16,18,22-24,28-32,34,49H,5-7,9-11,13-14,17,19-21H2,1-4H3,(H,43,52)(H,44,50)(H,45,51)/b12-8+/t22-,23+,24+,28-,29+,30+,31+,32?,34+/m1/s1. The molecular weight excluding hydrogens is 746 g/mol. The highest BCUT2D eigenvalue weighted by Crippen LogP contribution is 2.29. The van der Waals surface area contributed by atoms with Gasteiger partial charge in [0.15, 0.2) is 0 Å². The van der Waals surface area contributed by atoms with Crippen LogP contribution in [0.1, 0.15) is 84.6 Å². The van der Waals surface area contributed by atoms with Crippen LogP contribution in [-0.2, 0) is 44.7 Å². The molecule has 0 radical (unpaired) electrons. The quantitative estimate of drug-likeness (QED) is 0.162. The fourth-order valence-electron chi connectivity index (χ4n) is 8.13. The molecule has 0 aliphatic carbocycles. The molecule has 4 N–H and O–H groups in total. The molecule has 4 aliphatic rings. The highest BCUT2D eigenvalue weighted by molar-refractivity contribution is 5.98. The number of carbonyl (C=O) groups excluding carboxylic acids is 7. The van der Waals surface area contributed by atoms with Crippen molar-refractivity contribution in [3.63, 3.8) is 0 Å². The number of nitrogens with zero attached hydrogens (tertiary/aromatic N) is 3. The van der Waals surface area contributed by atoms with Gasteiger partial charge in [0.25, 0.3) is 0 Å². The average Bonchev–Trinajstić information content (AvgIpc) is 3.75. The maximum atomic E-state index is 14.7. The molecular formula is C40H54F2N6O9. The largest absolute Gasteiger partial charge is 0.458 e. The average molecular weight is 801 g/mol. The summed E-state index contributed by atoms with van der Waals surface area (Å²) < 4.78 is 34.3. The van der Waals surface area contributed by atoms with Crippen LogP contribution in [0.4, 0.5) is 8.78 Å². The van der Waals surface area contributed by atoms with Crippen molar-refractivity contribution in [1.29, 1.82) is 0 Å². The first-order valence-corrected chi connectivity index (χ1v) is 19.9. The highest BCUT2D eigenvalue weighted by Gasteiger charge is 2.49. The predicted octanol–water partition coefficient (Wildman–Crippen LogP) is 1.25. The van der Waals surface area contributed by atoms with Crippen LogP contribution in [0.5, 0.6) is 0 Å². The molecule has 1 aromatic rings. The van der Waals surface area contributed by atoms with E-state index in [0.717, 1.165) is 29.9 Å². The molecule has 4 fully saturated rings. The Kier molecular flexibility index (Phi) is 14.4. The van der Waals surface area contributed by atoms with Crippen molar-refractivity contribution in [1.82, 2.24) is 30.7 Å². The van der Waals surface area contributed by atoms with Crippen LogP contribution in [0.3, 0.4) is 0 Å². The summed E-state index contributed by atoms with van der Waals surface area (Å²) in [5.74, 6) is -7.09. The summed E-state index contributed by atoms with van der Waals surface area (Å²) in [6.45, 7) is 6.72. The number of halogens is 2. The molecule has 1 unspecified atom stereocenters. The monoisotopic (exact) mass is 800 g/mol. The maximum Gasteiger partial charge on any atom is 0.329 e. The van der Waals surface area contributed by atoms with Gasteiger partial charge in [-0.05, 0) is 75.6 Å². The van der Waals surface area contributed by atoms with Gasteiger partial charge >= 0.3 is 5.97 Å². The number of benzene rings is 1. The van der Waals surface area contributed by atoms with E-state index in [4.69, 9.17) is 4.74 Å². The topological polar surface area (TPSA) is 195 Å². The summed E-state index contributed by atoms with van der Waals surface area (Å²) >= 11 is 0. The number of hydrogen-bond acceptors (Lipinski definition) is 9. The Morgan fingerprint density at radius 1 is 0.930 bits per heavy atom. The minimum Gasteiger partial charge on any atom is -0.458 e. The number of unbranched alkanes of at least 4 members (excludes halogenated alkanes) is 2. The van der Waals surface area contributed by atoms with Gasteiger partial charge in [-0.15, -0.1) is 0 Å². The van der Waals surface area contributed by atoms with Crippen LogP contribution in [0, 0.1) is 17.6 Å². The number of esters is 1. The smallest absolute Gasteiger partial charge is 0.329 e. The van der Waals surface area contributed by atoms with Crippen molar-refractivity contribution in [3.05, 3.63) is 47.5 Å². The lowest BCUT2D eigenvalue weighted by Gasteiger charge is -2.39. The molecule has 9 atom stereocenters. The number of nitrogens with one attached hydrogen (secondary N) is 3. The van der Waals surface area contributed by atoms with E-state index in [1.54, 1.807) is 6.08 Å². The lowest BCUT2D eigenvalue weighted by atomic mass is 9.98. The summed E-state index contributed by atoms with van der Waals surface area (Å²) in [6, 6.07) is -4.92. The Labute approximate surface area is 330 Å². The van der Waals surface area contributed by atoms with E-state index in [0.29, 0.717) is 31.7 Å². The first kappa shape index (κ1) is 43.2. The first-order valence-electron chi connectivity index (χ1n) is 19.9. The molecule has 1 aromatic carbocycles. The Hall–Kier alpha value is -4.93. The number of amides is 6. The minimum absolute atomic E-state index is 0.0227. The van der Waals surface area contributed by atoms with Crippen LogP contribution < -0.4 is 16.0 Å². The van der Waals surface area contributed by atoms with E-state index >= 15 is 0 Å². The van der Waals surface area contributed by atoms with Gasteiger partial charge in [0.1, 0.15) is 54.0 Å². The second-order valence-corrected chi connectivity index (χ2v) is 15.7. The number of piperidine rings is 1. The van der Waals surface area contributed by atoms with Crippen LogP contribution in [0.15, 0.2) is 30.4 Å². The molecule has 4 aliphatic heterocycles. The molecule has 0 bridgehead atoms. The van der Waals surface area contributed by atoms with Gasteiger partial charge in [-0.25, -0.2) is 13.6 Å². The second kappa shape index (κ2) is 19.0. The van der Waals surface area contributed by atoms with E-state index in [-0.39, 0.29) is 44.0 Å². The van der Waals surface area contributed by atoms with Crippen LogP contribution in [0.25, 0.3) is 0 Å². The molecule has 57 heavy (non-hydrogen) atoms. The molecule has 17 heteroatoms. The van der Waals surface area contributed by atoms with Crippen LogP contribution >= 0.6 is 0 Å². The SMILES string of the molecule is CCCC/C=C/C(=O)N[C@@H](Cc1cc(F)cc(F)c1)C(=O)N[C@@H]1C(=O)N2C[C@H](O)C[C@H]2C(=O)N2CCCC[C@H]2C(=O)N[C@@H](C)C(=O)N2C[C@H](C)CC2C(=O)O[C@H]1C. The zero-order valence-electron chi connectivity index (χ0n) is 32.9. The zero-order chi connectivity index (χ0) is 41.6. The van der Waals surface area contributed by atoms with Gasteiger partial charge < -0.3 is 40.5 Å². The number of allylic oxidation sites excluding steroid dienone is 1. The summed E-state index contributed by atoms with van der Waals surface area (Å²) in [5.41, 5.74) is 0.0227. The van der Waals surface area contributed by atoms with Gasteiger partial charge in [0, 0.05) is 38.5 Å². The van der Waals surface area contributed by atoms with Crippen molar-refractivity contribution in [2.24, 2.45) is 5.92 Å².